The van der Waals surface area contributed by atoms with Gasteiger partial charge in [-0.1, -0.05) is 12.1 Å². The number of hydrogen-bond donors (Lipinski definition) is 2. The monoisotopic (exact) mass is 345 g/mol. The SMILES string of the molecule is Oc1ccc(CCNc2nc(Cl)nc3sc4c(c23)CCC4)cc1. The van der Waals surface area contributed by atoms with E-state index in [4.69, 9.17) is 11.6 Å². The number of aromatic nitrogens is 2. The highest BCUT2D eigenvalue weighted by Crippen LogP contribution is 2.39. The standard InChI is InChI=1S/C17H16ClN3OS/c18-17-20-15(19-9-8-10-4-6-11(22)7-5-10)14-12-2-1-3-13(12)23-16(14)21-17/h4-7,22H,1-3,8-9H2,(H,19,20,21). The number of anilines is 1. The van der Waals surface area contributed by atoms with Crippen LogP contribution in [0.2, 0.25) is 5.28 Å². The number of hydrogen-bond acceptors (Lipinski definition) is 5. The number of rotatable bonds is 4. The van der Waals surface area contributed by atoms with Crippen molar-refractivity contribution in [2.45, 2.75) is 25.7 Å². The second-order valence-electron chi connectivity index (χ2n) is 5.72. The van der Waals surface area contributed by atoms with Crippen molar-refractivity contribution in [3.8, 4) is 5.75 Å². The first kappa shape index (κ1) is 14.7. The third-order valence-corrected chi connectivity index (χ3v) is 5.53. The molecule has 0 radical (unpaired) electrons. The van der Waals surface area contributed by atoms with Crippen LogP contribution < -0.4 is 5.32 Å². The first-order chi connectivity index (χ1) is 11.2. The van der Waals surface area contributed by atoms with E-state index in [1.54, 1.807) is 23.5 Å². The van der Waals surface area contributed by atoms with Crippen LogP contribution in [0.1, 0.15) is 22.4 Å². The molecule has 0 bridgehead atoms. The summed E-state index contributed by atoms with van der Waals surface area (Å²) in [5.74, 6) is 1.14. The number of benzene rings is 1. The molecule has 0 aliphatic heterocycles. The maximum atomic E-state index is 9.33. The minimum absolute atomic E-state index is 0.292. The van der Waals surface area contributed by atoms with Gasteiger partial charge in [0.25, 0.3) is 0 Å². The molecule has 23 heavy (non-hydrogen) atoms. The van der Waals surface area contributed by atoms with Crippen LogP contribution in [0.4, 0.5) is 5.82 Å². The number of phenols is 1. The Labute approximate surface area is 143 Å². The summed E-state index contributed by atoms with van der Waals surface area (Å²) in [5.41, 5.74) is 2.57. The van der Waals surface area contributed by atoms with E-state index in [0.717, 1.165) is 41.8 Å². The zero-order valence-electron chi connectivity index (χ0n) is 12.5. The summed E-state index contributed by atoms with van der Waals surface area (Å²) in [5, 5.41) is 14.2. The first-order valence-electron chi connectivity index (χ1n) is 7.70. The highest BCUT2D eigenvalue weighted by atomic mass is 35.5. The lowest BCUT2D eigenvalue weighted by Crippen LogP contribution is -2.07. The van der Waals surface area contributed by atoms with Crippen LogP contribution in [0.15, 0.2) is 24.3 Å². The van der Waals surface area contributed by atoms with Crippen molar-refractivity contribution in [2.75, 3.05) is 11.9 Å². The molecule has 2 N–H and O–H groups in total. The highest BCUT2D eigenvalue weighted by molar-refractivity contribution is 7.19. The predicted molar refractivity (Wildman–Crippen MR) is 94.8 cm³/mol. The molecular formula is C17H16ClN3OS. The molecule has 1 aliphatic rings. The van der Waals surface area contributed by atoms with Crippen LogP contribution in [-0.2, 0) is 19.3 Å². The molecule has 0 atom stereocenters. The van der Waals surface area contributed by atoms with Gasteiger partial charge in [0.05, 0.1) is 5.39 Å². The Hall–Kier alpha value is -1.85. The lowest BCUT2D eigenvalue weighted by atomic mass is 10.1. The lowest BCUT2D eigenvalue weighted by Gasteiger charge is -2.08. The third-order valence-electron chi connectivity index (χ3n) is 4.18. The van der Waals surface area contributed by atoms with Crippen LogP contribution in [0, 0.1) is 0 Å². The normalized spacial score (nSPS) is 13.4. The summed E-state index contributed by atoms with van der Waals surface area (Å²) in [7, 11) is 0. The fourth-order valence-electron chi connectivity index (χ4n) is 3.09. The minimum atomic E-state index is 0.292. The molecule has 0 amide bonds. The quantitative estimate of drug-likeness (QED) is 0.696. The summed E-state index contributed by atoms with van der Waals surface area (Å²) in [6.45, 7) is 0.762. The van der Waals surface area contributed by atoms with Gasteiger partial charge in [-0.25, -0.2) is 9.97 Å². The number of aryl methyl sites for hydroxylation is 2. The Morgan fingerprint density at radius 2 is 2.00 bits per heavy atom. The van der Waals surface area contributed by atoms with E-state index >= 15 is 0 Å². The number of fused-ring (bicyclic) bond motifs is 3. The fourth-order valence-corrected chi connectivity index (χ4v) is 4.57. The number of phenolic OH excluding ortho intramolecular Hbond substituents is 1. The van der Waals surface area contributed by atoms with Crippen molar-refractivity contribution in [3.63, 3.8) is 0 Å². The van der Waals surface area contributed by atoms with Gasteiger partial charge in [0.1, 0.15) is 16.4 Å². The van der Waals surface area contributed by atoms with Crippen molar-refractivity contribution in [2.24, 2.45) is 0 Å². The summed E-state index contributed by atoms with van der Waals surface area (Å²) in [4.78, 5) is 11.2. The lowest BCUT2D eigenvalue weighted by molar-refractivity contribution is 0.475. The smallest absolute Gasteiger partial charge is 0.225 e. The number of halogens is 1. The molecule has 0 unspecified atom stereocenters. The molecule has 3 aromatic rings. The fraction of sp³-hybridized carbons (Fsp3) is 0.294. The Morgan fingerprint density at radius 3 is 2.83 bits per heavy atom. The van der Waals surface area contributed by atoms with Gasteiger partial charge in [-0.3, -0.25) is 0 Å². The Kier molecular flexibility index (Phi) is 3.83. The zero-order chi connectivity index (χ0) is 15.8. The van der Waals surface area contributed by atoms with Gasteiger partial charge >= 0.3 is 0 Å². The molecule has 118 valence electrons. The topological polar surface area (TPSA) is 58.0 Å². The molecule has 4 nitrogen and oxygen atoms in total. The van der Waals surface area contributed by atoms with Gasteiger partial charge < -0.3 is 10.4 Å². The van der Waals surface area contributed by atoms with E-state index in [0.29, 0.717) is 11.0 Å². The van der Waals surface area contributed by atoms with Crippen LogP contribution in [-0.4, -0.2) is 21.6 Å². The molecule has 4 rings (SSSR count). The van der Waals surface area contributed by atoms with Crippen molar-refractivity contribution in [1.82, 2.24) is 9.97 Å². The van der Waals surface area contributed by atoms with Crippen LogP contribution in [0.25, 0.3) is 10.2 Å². The highest BCUT2D eigenvalue weighted by Gasteiger charge is 2.21. The van der Waals surface area contributed by atoms with E-state index in [-0.39, 0.29) is 0 Å². The third kappa shape index (κ3) is 2.86. The van der Waals surface area contributed by atoms with Crippen molar-refractivity contribution >= 4 is 39.0 Å². The Bertz CT molecular complexity index is 860. The maximum absolute atomic E-state index is 9.33. The van der Waals surface area contributed by atoms with E-state index in [1.807, 2.05) is 12.1 Å². The van der Waals surface area contributed by atoms with Crippen molar-refractivity contribution < 1.29 is 5.11 Å². The molecule has 0 fully saturated rings. The molecule has 0 saturated carbocycles. The molecular weight excluding hydrogens is 330 g/mol. The predicted octanol–water partition coefficient (Wildman–Crippen LogP) is 4.19. The van der Waals surface area contributed by atoms with Crippen molar-refractivity contribution in [1.29, 1.82) is 0 Å². The summed E-state index contributed by atoms with van der Waals surface area (Å²) in [6.07, 6.45) is 4.32. The number of thiophene rings is 1. The van der Waals surface area contributed by atoms with Crippen LogP contribution >= 0.6 is 22.9 Å². The number of nitrogens with zero attached hydrogens (tertiary/aromatic N) is 2. The van der Waals surface area contributed by atoms with Crippen LogP contribution in [0.3, 0.4) is 0 Å². The molecule has 1 aliphatic carbocycles. The average molecular weight is 346 g/mol. The van der Waals surface area contributed by atoms with Gasteiger partial charge in [-0.15, -0.1) is 11.3 Å². The first-order valence-corrected chi connectivity index (χ1v) is 8.90. The summed E-state index contributed by atoms with van der Waals surface area (Å²) < 4.78 is 0. The van der Waals surface area contributed by atoms with E-state index in [1.165, 1.54) is 22.4 Å². The molecule has 1 aromatic carbocycles. The second kappa shape index (κ2) is 5.98. The second-order valence-corrected chi connectivity index (χ2v) is 7.14. The van der Waals surface area contributed by atoms with Gasteiger partial charge in [0, 0.05) is 11.4 Å². The van der Waals surface area contributed by atoms with Gasteiger partial charge in [0.15, 0.2) is 0 Å². The van der Waals surface area contributed by atoms with Crippen molar-refractivity contribution in [3.05, 3.63) is 45.6 Å². The molecule has 2 aromatic heterocycles. The van der Waals surface area contributed by atoms with Gasteiger partial charge in [-0.05, 0) is 60.5 Å². The van der Waals surface area contributed by atoms with E-state index in [2.05, 4.69) is 15.3 Å². The van der Waals surface area contributed by atoms with Crippen LogP contribution in [0.5, 0.6) is 5.75 Å². The minimum Gasteiger partial charge on any atom is -0.508 e. The zero-order valence-corrected chi connectivity index (χ0v) is 14.0. The number of aromatic hydroxyl groups is 1. The van der Waals surface area contributed by atoms with Gasteiger partial charge in [-0.2, -0.15) is 0 Å². The van der Waals surface area contributed by atoms with E-state index < -0.39 is 0 Å². The molecule has 6 heteroatoms. The Morgan fingerprint density at radius 1 is 1.17 bits per heavy atom. The summed E-state index contributed by atoms with van der Waals surface area (Å²) >= 11 is 7.82. The maximum Gasteiger partial charge on any atom is 0.225 e. The van der Waals surface area contributed by atoms with E-state index in [9.17, 15) is 5.11 Å². The molecule has 0 saturated heterocycles. The molecule has 2 heterocycles. The average Bonchev–Trinajstić information content (AvgIpc) is 3.09. The summed E-state index contributed by atoms with van der Waals surface area (Å²) in [6, 6.07) is 7.28. The largest absolute Gasteiger partial charge is 0.508 e. The Balaban J connectivity index is 1.57. The number of nitrogens with one attached hydrogen (secondary N) is 1. The van der Waals surface area contributed by atoms with Gasteiger partial charge in [0.2, 0.25) is 5.28 Å². The molecule has 0 spiro atoms.